The molecule has 0 bridgehead atoms. The maximum atomic E-state index is 12.7. The Bertz CT molecular complexity index is 1210. The zero-order chi connectivity index (χ0) is 24.2. The number of H-pyrrole nitrogens is 1. The number of fused-ring (bicyclic) bond motifs is 1. The fourth-order valence-electron chi connectivity index (χ4n) is 4.42. The van der Waals surface area contributed by atoms with E-state index in [0.717, 1.165) is 55.1 Å². The highest BCUT2D eigenvalue weighted by Crippen LogP contribution is 2.31. The van der Waals surface area contributed by atoms with Crippen LogP contribution in [0.2, 0.25) is 0 Å². The molecule has 4 rings (SSSR count). The van der Waals surface area contributed by atoms with Crippen molar-refractivity contribution < 1.29 is 24.1 Å². The fraction of sp³-hybridized carbons (Fsp3) is 0.440. The Hall–Kier alpha value is -3.46. The van der Waals surface area contributed by atoms with Crippen LogP contribution in [0.1, 0.15) is 38.3 Å². The minimum Gasteiger partial charge on any atom is -0.493 e. The van der Waals surface area contributed by atoms with Crippen LogP contribution in [0.5, 0.6) is 17.2 Å². The third-order valence-corrected chi connectivity index (χ3v) is 6.02. The largest absolute Gasteiger partial charge is 0.511 e. The molecule has 0 amide bonds. The van der Waals surface area contributed by atoms with Crippen LogP contribution in [0.4, 0.5) is 4.79 Å². The Morgan fingerprint density at radius 2 is 1.91 bits per heavy atom. The molecule has 182 valence electrons. The quantitative estimate of drug-likeness (QED) is 0.375. The molecule has 1 aromatic heterocycles. The van der Waals surface area contributed by atoms with Crippen LogP contribution in [-0.4, -0.2) is 52.5 Å². The Labute approximate surface area is 197 Å². The van der Waals surface area contributed by atoms with Gasteiger partial charge in [0.2, 0.25) is 0 Å². The summed E-state index contributed by atoms with van der Waals surface area (Å²) in [6.45, 7) is 7.38. The van der Waals surface area contributed by atoms with E-state index in [2.05, 4.69) is 29.8 Å². The number of imidazole rings is 1. The van der Waals surface area contributed by atoms with Crippen molar-refractivity contribution in [3.8, 4) is 17.2 Å². The number of benzene rings is 2. The van der Waals surface area contributed by atoms with E-state index in [0.29, 0.717) is 18.0 Å². The molecule has 0 spiro atoms. The number of carboxylic acid groups (broad SMARTS) is 1. The topological polar surface area (TPSA) is 106 Å². The highest BCUT2D eigenvalue weighted by molar-refractivity contribution is 5.78. The molecule has 0 atom stereocenters. The van der Waals surface area contributed by atoms with E-state index in [1.54, 1.807) is 29.9 Å². The first kappa shape index (κ1) is 23.7. The Kier molecular flexibility index (Phi) is 7.12. The monoisotopic (exact) mass is 469 g/mol. The van der Waals surface area contributed by atoms with E-state index in [9.17, 15) is 9.59 Å². The number of methoxy groups -OCH3 is 1. The van der Waals surface area contributed by atoms with Crippen molar-refractivity contribution in [2.45, 2.75) is 39.3 Å². The first-order valence-electron chi connectivity index (χ1n) is 11.5. The van der Waals surface area contributed by atoms with Gasteiger partial charge in [-0.2, -0.15) is 0 Å². The summed E-state index contributed by atoms with van der Waals surface area (Å²) >= 11 is 0. The third-order valence-electron chi connectivity index (χ3n) is 6.02. The van der Waals surface area contributed by atoms with Gasteiger partial charge in [-0.1, -0.05) is 19.9 Å². The molecule has 0 aliphatic carbocycles. The number of aromatic amines is 1. The summed E-state index contributed by atoms with van der Waals surface area (Å²) in [5, 5.41) is 8.81. The summed E-state index contributed by atoms with van der Waals surface area (Å²) in [7, 11) is 1.65. The van der Waals surface area contributed by atoms with Crippen LogP contribution in [0, 0.1) is 5.92 Å². The summed E-state index contributed by atoms with van der Waals surface area (Å²) in [6, 6.07) is 11.0. The van der Waals surface area contributed by atoms with Gasteiger partial charge in [0.25, 0.3) is 0 Å². The lowest BCUT2D eigenvalue weighted by molar-refractivity contribution is 0.144. The minimum atomic E-state index is -1.39. The third kappa shape index (κ3) is 5.36. The van der Waals surface area contributed by atoms with Crippen LogP contribution in [0.25, 0.3) is 11.0 Å². The molecular formula is C25H31N3O6. The molecule has 2 aromatic carbocycles. The van der Waals surface area contributed by atoms with Crippen LogP contribution < -0.4 is 19.9 Å². The van der Waals surface area contributed by atoms with Crippen molar-refractivity contribution >= 4 is 17.2 Å². The number of aromatic nitrogens is 2. The molecule has 0 unspecified atom stereocenters. The summed E-state index contributed by atoms with van der Waals surface area (Å²) in [5.74, 6) is 2.11. The van der Waals surface area contributed by atoms with Crippen molar-refractivity contribution in [1.82, 2.24) is 14.5 Å². The predicted molar refractivity (Wildman–Crippen MR) is 128 cm³/mol. The van der Waals surface area contributed by atoms with E-state index in [4.69, 9.17) is 19.3 Å². The summed E-state index contributed by atoms with van der Waals surface area (Å²) in [6.07, 6.45) is 0.296. The molecule has 34 heavy (non-hydrogen) atoms. The van der Waals surface area contributed by atoms with E-state index >= 15 is 0 Å². The number of carbonyl (C=O) groups is 1. The van der Waals surface area contributed by atoms with Crippen LogP contribution >= 0.6 is 0 Å². The number of hydrogen-bond donors (Lipinski definition) is 2. The Balaban J connectivity index is 1.42. The average molecular weight is 470 g/mol. The number of hydrogen-bond acceptors (Lipinski definition) is 6. The lowest BCUT2D eigenvalue weighted by Gasteiger charge is -2.32. The van der Waals surface area contributed by atoms with Crippen LogP contribution in [0.15, 0.2) is 41.2 Å². The summed E-state index contributed by atoms with van der Waals surface area (Å²) < 4.78 is 17.9. The molecule has 2 heterocycles. The van der Waals surface area contributed by atoms with Crippen molar-refractivity contribution in [3.63, 3.8) is 0 Å². The molecule has 2 N–H and O–H groups in total. The number of likely N-dealkylation sites (tertiary alicyclic amines) is 1. The predicted octanol–water partition coefficient (Wildman–Crippen LogP) is 4.27. The molecule has 9 heteroatoms. The average Bonchev–Trinajstić information content (AvgIpc) is 3.13. The van der Waals surface area contributed by atoms with Crippen LogP contribution in [-0.2, 0) is 6.54 Å². The lowest BCUT2D eigenvalue weighted by atomic mass is 10.0. The van der Waals surface area contributed by atoms with Gasteiger partial charge >= 0.3 is 11.8 Å². The molecular weight excluding hydrogens is 438 g/mol. The maximum absolute atomic E-state index is 12.7. The maximum Gasteiger partial charge on any atom is 0.511 e. The van der Waals surface area contributed by atoms with Gasteiger partial charge < -0.3 is 24.3 Å². The van der Waals surface area contributed by atoms with Gasteiger partial charge in [-0.3, -0.25) is 9.47 Å². The number of ether oxygens (including phenoxy) is 3. The normalized spacial score (nSPS) is 15.1. The number of piperidine rings is 1. The SMILES string of the molecule is COc1ccc(CN2CCC(n3c(=O)[nH]c4cc(OC(=O)O)ccc43)CC2)cc1OCC(C)C. The van der Waals surface area contributed by atoms with Crippen molar-refractivity contribution in [2.75, 3.05) is 26.8 Å². The molecule has 9 nitrogen and oxygen atoms in total. The molecule has 3 aromatic rings. The van der Waals surface area contributed by atoms with Gasteiger partial charge in [-0.05, 0) is 48.6 Å². The summed E-state index contributed by atoms with van der Waals surface area (Å²) in [5.41, 5.74) is 2.29. The summed E-state index contributed by atoms with van der Waals surface area (Å²) in [4.78, 5) is 28.6. The first-order chi connectivity index (χ1) is 16.3. The van der Waals surface area contributed by atoms with Gasteiger partial charge in [0.15, 0.2) is 11.5 Å². The Morgan fingerprint density at radius 1 is 1.15 bits per heavy atom. The smallest absolute Gasteiger partial charge is 0.493 e. The van der Waals surface area contributed by atoms with E-state index in [1.807, 2.05) is 12.1 Å². The van der Waals surface area contributed by atoms with Gasteiger partial charge in [-0.15, -0.1) is 0 Å². The van der Waals surface area contributed by atoms with E-state index in [-0.39, 0.29) is 17.5 Å². The molecule has 1 fully saturated rings. The first-order valence-corrected chi connectivity index (χ1v) is 11.5. The fourth-order valence-corrected chi connectivity index (χ4v) is 4.42. The number of nitrogens with zero attached hydrogens (tertiary/aromatic N) is 2. The molecule has 1 aliphatic heterocycles. The Morgan fingerprint density at radius 3 is 2.59 bits per heavy atom. The number of rotatable bonds is 8. The second kappa shape index (κ2) is 10.2. The van der Waals surface area contributed by atoms with Crippen LogP contribution in [0.3, 0.4) is 0 Å². The van der Waals surface area contributed by atoms with E-state index in [1.165, 1.54) is 0 Å². The van der Waals surface area contributed by atoms with Crippen molar-refractivity contribution in [2.24, 2.45) is 5.92 Å². The standard InChI is InChI=1S/C25H31N3O6/c1-16(2)15-33-23-12-17(4-7-22(23)32-3)14-27-10-8-18(9-11-27)28-21-6-5-19(34-25(30)31)13-20(21)26-24(28)29/h4-7,12-13,16,18H,8-11,14-15H2,1-3H3,(H,26,29)(H,30,31). The van der Waals surface area contributed by atoms with Crippen molar-refractivity contribution in [1.29, 1.82) is 0 Å². The second-order valence-corrected chi connectivity index (χ2v) is 9.04. The van der Waals surface area contributed by atoms with Gasteiger partial charge in [0.1, 0.15) is 5.75 Å². The van der Waals surface area contributed by atoms with Crippen molar-refractivity contribution in [3.05, 3.63) is 52.4 Å². The minimum absolute atomic E-state index is 0.0737. The van der Waals surface area contributed by atoms with Gasteiger partial charge in [-0.25, -0.2) is 9.59 Å². The van der Waals surface area contributed by atoms with Gasteiger partial charge in [0, 0.05) is 31.7 Å². The lowest BCUT2D eigenvalue weighted by Crippen LogP contribution is -2.36. The number of nitrogens with one attached hydrogen (secondary N) is 1. The highest BCUT2D eigenvalue weighted by Gasteiger charge is 2.24. The van der Waals surface area contributed by atoms with Gasteiger partial charge in [0.05, 0.1) is 24.8 Å². The zero-order valence-electron chi connectivity index (χ0n) is 19.7. The van der Waals surface area contributed by atoms with E-state index < -0.39 is 6.16 Å². The molecule has 1 saturated heterocycles. The highest BCUT2D eigenvalue weighted by atomic mass is 16.7. The molecule has 0 radical (unpaired) electrons. The second-order valence-electron chi connectivity index (χ2n) is 9.04. The molecule has 1 aliphatic rings. The zero-order valence-corrected chi connectivity index (χ0v) is 19.7. The molecule has 0 saturated carbocycles.